The van der Waals surface area contributed by atoms with Crippen LogP contribution in [0.1, 0.15) is 45.4 Å². The van der Waals surface area contributed by atoms with Crippen molar-refractivity contribution in [2.45, 2.75) is 96.2 Å². The van der Waals surface area contributed by atoms with Gasteiger partial charge in [0.15, 0.2) is 16.6 Å². The minimum absolute atomic E-state index is 0.0682. The molecule has 0 unspecified atom stereocenters. The number of nitrogens with one attached hydrogen (secondary N) is 1. The summed E-state index contributed by atoms with van der Waals surface area (Å²) in [6.07, 6.45) is 3.60. The van der Waals surface area contributed by atoms with E-state index in [0.717, 1.165) is 0 Å². The molecule has 2 rings (SSSR count). The first-order valence-electron chi connectivity index (χ1n) is 10.9. The lowest BCUT2D eigenvalue weighted by Gasteiger charge is -2.41. The minimum Gasteiger partial charge on any atom is -0.414 e. The Bertz CT molecular complexity index is 910. The summed E-state index contributed by atoms with van der Waals surface area (Å²) in [5.74, 6) is 0. The molecular formula is C22H40N2O5Si2. The summed E-state index contributed by atoms with van der Waals surface area (Å²) in [7, 11) is -3.98. The van der Waals surface area contributed by atoms with Gasteiger partial charge in [0.2, 0.25) is 0 Å². The zero-order chi connectivity index (χ0) is 23.8. The molecule has 1 fully saturated rings. The lowest BCUT2D eigenvalue weighted by atomic mass is 9.91. The SMILES string of the molecule is C=CC[C@]1(O[Si](C)(C)C)C[C@@H](n2cc(C)c(=O)[nH]c2=O)O[C@@H]1CO[Si](C)(C)C(C)(C)C. The summed E-state index contributed by atoms with van der Waals surface area (Å²) in [6.45, 7) is 23.5. The fourth-order valence-electron chi connectivity index (χ4n) is 3.66. The topological polar surface area (TPSA) is 82.6 Å². The van der Waals surface area contributed by atoms with E-state index in [-0.39, 0.29) is 16.7 Å². The number of H-pyrrole nitrogens is 1. The Labute approximate surface area is 188 Å². The number of aromatic nitrogens is 2. The molecule has 0 saturated carbocycles. The number of ether oxygens (including phenoxy) is 1. The van der Waals surface area contributed by atoms with Gasteiger partial charge in [-0.2, -0.15) is 0 Å². The normalized spacial score (nSPS) is 25.1. The van der Waals surface area contributed by atoms with Crippen LogP contribution in [0.3, 0.4) is 0 Å². The van der Waals surface area contributed by atoms with Crippen molar-refractivity contribution in [3.8, 4) is 0 Å². The largest absolute Gasteiger partial charge is 0.414 e. The van der Waals surface area contributed by atoms with Gasteiger partial charge in [-0.15, -0.1) is 6.58 Å². The monoisotopic (exact) mass is 468 g/mol. The lowest BCUT2D eigenvalue weighted by Crippen LogP contribution is -2.52. The average molecular weight is 469 g/mol. The van der Waals surface area contributed by atoms with Crippen molar-refractivity contribution in [1.29, 1.82) is 0 Å². The van der Waals surface area contributed by atoms with E-state index in [4.69, 9.17) is 13.6 Å². The number of hydrogen-bond donors (Lipinski definition) is 1. The molecule has 0 bridgehead atoms. The third kappa shape index (κ3) is 5.95. The summed E-state index contributed by atoms with van der Waals surface area (Å²) < 4.78 is 21.1. The highest BCUT2D eigenvalue weighted by Gasteiger charge is 2.52. The van der Waals surface area contributed by atoms with Gasteiger partial charge in [-0.1, -0.05) is 26.8 Å². The van der Waals surface area contributed by atoms with Crippen molar-refractivity contribution in [2.24, 2.45) is 0 Å². The first-order valence-corrected chi connectivity index (χ1v) is 17.3. The van der Waals surface area contributed by atoms with Gasteiger partial charge in [-0.25, -0.2) is 4.79 Å². The van der Waals surface area contributed by atoms with Gasteiger partial charge < -0.3 is 13.6 Å². The molecule has 2 heterocycles. The Hall–Kier alpha value is -1.27. The van der Waals surface area contributed by atoms with Gasteiger partial charge in [0, 0.05) is 18.2 Å². The van der Waals surface area contributed by atoms with Gasteiger partial charge in [0.25, 0.3) is 5.56 Å². The molecule has 0 radical (unpaired) electrons. The fourth-order valence-corrected chi connectivity index (χ4v) is 6.18. The molecule has 1 aromatic rings. The molecule has 1 saturated heterocycles. The Morgan fingerprint density at radius 1 is 1.29 bits per heavy atom. The predicted molar refractivity (Wildman–Crippen MR) is 130 cm³/mol. The number of rotatable bonds is 8. The molecular weight excluding hydrogens is 428 g/mol. The average Bonchev–Trinajstić information content (AvgIpc) is 2.91. The molecule has 1 aliphatic heterocycles. The van der Waals surface area contributed by atoms with E-state index >= 15 is 0 Å². The quantitative estimate of drug-likeness (QED) is 0.454. The highest BCUT2D eigenvalue weighted by atomic mass is 28.4. The highest BCUT2D eigenvalue weighted by molar-refractivity contribution is 6.74. The molecule has 1 aliphatic rings. The van der Waals surface area contributed by atoms with Crippen molar-refractivity contribution in [1.82, 2.24) is 9.55 Å². The number of aryl methyl sites for hydroxylation is 1. The van der Waals surface area contributed by atoms with Crippen LogP contribution in [0.2, 0.25) is 37.8 Å². The van der Waals surface area contributed by atoms with E-state index in [0.29, 0.717) is 25.0 Å². The van der Waals surface area contributed by atoms with Crippen LogP contribution in [-0.2, 0) is 13.6 Å². The van der Waals surface area contributed by atoms with E-state index in [1.807, 2.05) is 6.08 Å². The minimum atomic E-state index is -2.01. The van der Waals surface area contributed by atoms with Gasteiger partial charge in [0.1, 0.15) is 12.3 Å². The second kappa shape index (κ2) is 8.94. The molecule has 9 heteroatoms. The van der Waals surface area contributed by atoms with Crippen molar-refractivity contribution in [2.75, 3.05) is 6.61 Å². The zero-order valence-corrected chi connectivity index (χ0v) is 22.6. The van der Waals surface area contributed by atoms with Crippen LogP contribution in [0.25, 0.3) is 0 Å². The summed E-state index contributed by atoms with van der Waals surface area (Å²) in [4.78, 5) is 26.8. The maximum Gasteiger partial charge on any atom is 0.330 e. The van der Waals surface area contributed by atoms with Crippen LogP contribution in [0.4, 0.5) is 0 Å². The van der Waals surface area contributed by atoms with Crippen LogP contribution >= 0.6 is 0 Å². The van der Waals surface area contributed by atoms with Gasteiger partial charge >= 0.3 is 5.69 Å². The molecule has 0 spiro atoms. The number of hydrogen-bond acceptors (Lipinski definition) is 5. The summed E-state index contributed by atoms with van der Waals surface area (Å²) >= 11 is 0. The van der Waals surface area contributed by atoms with E-state index in [1.165, 1.54) is 4.57 Å². The molecule has 0 aromatic carbocycles. The molecule has 3 atom stereocenters. The second-order valence-corrected chi connectivity index (χ2v) is 20.3. The van der Waals surface area contributed by atoms with Crippen molar-refractivity contribution >= 4 is 16.6 Å². The lowest BCUT2D eigenvalue weighted by molar-refractivity contribution is -0.0715. The molecule has 176 valence electrons. The molecule has 0 aliphatic carbocycles. The highest BCUT2D eigenvalue weighted by Crippen LogP contribution is 2.45. The fraction of sp³-hybridized carbons (Fsp3) is 0.727. The third-order valence-electron chi connectivity index (χ3n) is 6.29. The molecule has 0 amide bonds. The third-order valence-corrected chi connectivity index (χ3v) is 11.8. The van der Waals surface area contributed by atoms with Crippen LogP contribution in [-0.4, -0.2) is 44.5 Å². The molecule has 31 heavy (non-hydrogen) atoms. The first-order chi connectivity index (χ1) is 14.0. The van der Waals surface area contributed by atoms with E-state index in [9.17, 15) is 9.59 Å². The summed E-state index contributed by atoms with van der Waals surface area (Å²) in [6, 6.07) is 0. The maximum atomic E-state index is 12.5. The van der Waals surface area contributed by atoms with E-state index < -0.39 is 34.2 Å². The first kappa shape index (κ1) is 26.0. The zero-order valence-electron chi connectivity index (χ0n) is 20.6. The van der Waals surface area contributed by atoms with Gasteiger partial charge in [0.05, 0.1) is 12.2 Å². The predicted octanol–water partition coefficient (Wildman–Crippen LogP) is 4.32. The molecule has 1 N–H and O–H groups in total. The van der Waals surface area contributed by atoms with Crippen molar-refractivity contribution in [3.63, 3.8) is 0 Å². The summed E-state index contributed by atoms with van der Waals surface area (Å²) in [5, 5.41) is 0.0682. The smallest absolute Gasteiger partial charge is 0.330 e. The molecule has 1 aromatic heterocycles. The van der Waals surface area contributed by atoms with Crippen molar-refractivity contribution in [3.05, 3.63) is 45.3 Å². The number of nitrogens with zero attached hydrogens (tertiary/aromatic N) is 1. The Morgan fingerprint density at radius 3 is 2.42 bits per heavy atom. The Morgan fingerprint density at radius 2 is 1.90 bits per heavy atom. The Balaban J connectivity index is 2.45. The number of aromatic amines is 1. The Kier molecular flexibility index (Phi) is 7.49. The van der Waals surface area contributed by atoms with Crippen LogP contribution in [0.5, 0.6) is 0 Å². The van der Waals surface area contributed by atoms with Crippen LogP contribution < -0.4 is 11.2 Å². The van der Waals surface area contributed by atoms with Gasteiger partial charge in [-0.3, -0.25) is 14.3 Å². The van der Waals surface area contributed by atoms with Gasteiger partial charge in [-0.05, 0) is 51.1 Å². The van der Waals surface area contributed by atoms with E-state index in [2.05, 4.69) is 65.1 Å². The van der Waals surface area contributed by atoms with Crippen LogP contribution in [0, 0.1) is 6.92 Å². The molecule has 7 nitrogen and oxygen atoms in total. The van der Waals surface area contributed by atoms with Crippen molar-refractivity contribution < 1.29 is 13.6 Å². The maximum absolute atomic E-state index is 12.5. The summed E-state index contributed by atoms with van der Waals surface area (Å²) in [5.41, 5.74) is -1.03. The standard InChI is InChI=1S/C22H40N2O5Si2/c1-11-12-22(29-30(6,7)8)13-18(24-14-16(2)19(25)23-20(24)26)28-17(22)15-27-31(9,10)21(3,4)5/h11,14,17-18H,1,12-13,15H2,2-10H3,(H,23,25,26)/t17-,18+,22+/m1/s1. The van der Waals surface area contributed by atoms with Crippen LogP contribution in [0.15, 0.2) is 28.4 Å². The van der Waals surface area contributed by atoms with E-state index in [1.54, 1.807) is 13.1 Å². The second-order valence-electron chi connectivity index (χ2n) is 11.1.